The van der Waals surface area contributed by atoms with Gasteiger partial charge in [0, 0.05) is 6.61 Å². The highest BCUT2D eigenvalue weighted by molar-refractivity contribution is 5.87. The zero-order valence-corrected chi connectivity index (χ0v) is 9.59. The van der Waals surface area contributed by atoms with E-state index in [0.717, 1.165) is 25.0 Å². The summed E-state index contributed by atoms with van der Waals surface area (Å²) in [5.74, 6) is -0.893. The summed E-state index contributed by atoms with van der Waals surface area (Å²) in [5, 5.41) is 8.76. The monoisotopic (exact) mass is 236 g/mol. The molecule has 17 heavy (non-hydrogen) atoms. The summed E-state index contributed by atoms with van der Waals surface area (Å²) in [5.41, 5.74) is 1.41. The Morgan fingerprint density at radius 3 is 2.76 bits per heavy atom. The number of aromatic carboxylic acids is 1. The number of hydrogen-bond donors (Lipinski definition) is 1. The average Bonchev–Trinajstić information content (AvgIpc) is 2.83. The molecule has 4 nitrogen and oxygen atoms in total. The molecule has 0 aromatic heterocycles. The van der Waals surface area contributed by atoms with E-state index in [9.17, 15) is 4.79 Å². The number of carboxylic acids is 1. The van der Waals surface area contributed by atoms with Crippen molar-refractivity contribution in [1.29, 1.82) is 0 Å². The van der Waals surface area contributed by atoms with Crippen LogP contribution in [0.4, 0.5) is 0 Å². The minimum atomic E-state index is -0.893. The Hall–Kier alpha value is -1.39. The Morgan fingerprint density at radius 2 is 2.18 bits per heavy atom. The second-order valence-electron chi connectivity index (χ2n) is 4.11. The maximum atomic E-state index is 10.7. The van der Waals surface area contributed by atoms with E-state index in [1.807, 2.05) is 12.1 Å². The third-order valence-electron chi connectivity index (χ3n) is 2.83. The number of hydrogen-bond acceptors (Lipinski definition) is 3. The van der Waals surface area contributed by atoms with Crippen LogP contribution in [0.3, 0.4) is 0 Å². The molecule has 0 aliphatic carbocycles. The van der Waals surface area contributed by atoms with E-state index in [4.69, 9.17) is 14.6 Å². The number of carbonyl (C=O) groups is 1. The molecule has 2 rings (SSSR count). The highest BCUT2D eigenvalue weighted by atomic mass is 16.5. The van der Waals surface area contributed by atoms with E-state index < -0.39 is 5.97 Å². The fraction of sp³-hybridized carbons (Fsp3) is 0.462. The molecule has 1 atom stereocenters. The molecule has 1 heterocycles. The van der Waals surface area contributed by atoms with E-state index in [2.05, 4.69) is 0 Å². The molecule has 1 aromatic rings. The van der Waals surface area contributed by atoms with Gasteiger partial charge in [-0.15, -0.1) is 0 Å². The van der Waals surface area contributed by atoms with Crippen LogP contribution in [0.15, 0.2) is 24.3 Å². The molecule has 1 fully saturated rings. The number of benzene rings is 1. The summed E-state index contributed by atoms with van der Waals surface area (Å²) in [7, 11) is 0. The lowest BCUT2D eigenvalue weighted by molar-refractivity contribution is 0.0446. The molecular weight excluding hydrogens is 220 g/mol. The summed E-state index contributed by atoms with van der Waals surface area (Å²) in [4.78, 5) is 10.7. The normalized spacial score (nSPS) is 19.4. The van der Waals surface area contributed by atoms with Gasteiger partial charge in [0.15, 0.2) is 0 Å². The molecule has 1 N–H and O–H groups in total. The maximum Gasteiger partial charge on any atom is 0.335 e. The molecule has 1 unspecified atom stereocenters. The van der Waals surface area contributed by atoms with Crippen molar-refractivity contribution in [3.05, 3.63) is 35.4 Å². The van der Waals surface area contributed by atoms with Crippen molar-refractivity contribution in [2.75, 3.05) is 19.8 Å². The maximum absolute atomic E-state index is 10.7. The highest BCUT2D eigenvalue weighted by Gasteiger charge is 2.15. The van der Waals surface area contributed by atoms with Crippen LogP contribution < -0.4 is 0 Å². The number of ether oxygens (including phenoxy) is 2. The van der Waals surface area contributed by atoms with Gasteiger partial charge in [0.2, 0.25) is 0 Å². The predicted octanol–water partition coefficient (Wildman–Crippen LogP) is 1.73. The smallest absolute Gasteiger partial charge is 0.335 e. The van der Waals surface area contributed by atoms with Crippen molar-refractivity contribution in [1.82, 2.24) is 0 Å². The van der Waals surface area contributed by atoms with Gasteiger partial charge in [-0.2, -0.15) is 0 Å². The first-order valence-electron chi connectivity index (χ1n) is 5.77. The Kier molecular flexibility index (Phi) is 4.12. The zero-order chi connectivity index (χ0) is 12.1. The van der Waals surface area contributed by atoms with Crippen LogP contribution >= 0.6 is 0 Å². The molecule has 1 aromatic carbocycles. The minimum Gasteiger partial charge on any atom is -0.478 e. The van der Waals surface area contributed by atoms with Gasteiger partial charge in [-0.1, -0.05) is 12.1 Å². The van der Waals surface area contributed by atoms with Gasteiger partial charge in [0.1, 0.15) is 0 Å². The van der Waals surface area contributed by atoms with Gasteiger partial charge in [-0.3, -0.25) is 0 Å². The van der Waals surface area contributed by atoms with Gasteiger partial charge >= 0.3 is 5.97 Å². The van der Waals surface area contributed by atoms with Crippen molar-refractivity contribution in [3.8, 4) is 0 Å². The minimum absolute atomic E-state index is 0.230. The van der Waals surface area contributed by atoms with Crippen LogP contribution in [0, 0.1) is 0 Å². The molecule has 0 saturated carbocycles. The Balaban J connectivity index is 1.76. The topological polar surface area (TPSA) is 55.8 Å². The van der Waals surface area contributed by atoms with E-state index in [1.165, 1.54) is 0 Å². The molecule has 92 valence electrons. The van der Waals surface area contributed by atoms with E-state index in [1.54, 1.807) is 12.1 Å². The first-order valence-corrected chi connectivity index (χ1v) is 5.77. The quantitative estimate of drug-likeness (QED) is 0.846. The van der Waals surface area contributed by atoms with Gasteiger partial charge in [0.05, 0.1) is 24.9 Å². The summed E-state index contributed by atoms with van der Waals surface area (Å²) in [6.07, 6.45) is 2.00. The van der Waals surface area contributed by atoms with Crippen molar-refractivity contribution in [2.24, 2.45) is 0 Å². The third-order valence-corrected chi connectivity index (χ3v) is 2.83. The zero-order valence-electron chi connectivity index (χ0n) is 9.59. The van der Waals surface area contributed by atoms with Crippen molar-refractivity contribution < 1.29 is 19.4 Å². The molecule has 0 amide bonds. The van der Waals surface area contributed by atoms with Gasteiger partial charge in [0.25, 0.3) is 0 Å². The number of carboxylic acid groups (broad SMARTS) is 1. The van der Waals surface area contributed by atoms with Crippen LogP contribution in [0.5, 0.6) is 0 Å². The second-order valence-corrected chi connectivity index (χ2v) is 4.11. The third kappa shape index (κ3) is 3.54. The standard InChI is InChI=1S/C13H16O4/c14-13(15)11-3-1-10(2-4-11)5-8-17-12-6-7-16-9-12/h1-4,12H,5-9H2,(H,14,15). The van der Waals surface area contributed by atoms with Crippen LogP contribution in [0.1, 0.15) is 22.3 Å². The van der Waals surface area contributed by atoms with Gasteiger partial charge < -0.3 is 14.6 Å². The van der Waals surface area contributed by atoms with Crippen molar-refractivity contribution in [2.45, 2.75) is 18.9 Å². The Morgan fingerprint density at radius 1 is 1.41 bits per heavy atom. The summed E-state index contributed by atoms with van der Waals surface area (Å²) in [6.45, 7) is 2.14. The van der Waals surface area contributed by atoms with Crippen molar-refractivity contribution in [3.63, 3.8) is 0 Å². The van der Waals surface area contributed by atoms with E-state index in [0.29, 0.717) is 18.8 Å². The molecule has 1 aliphatic rings. The summed E-state index contributed by atoms with van der Waals surface area (Å²) in [6, 6.07) is 6.91. The SMILES string of the molecule is O=C(O)c1ccc(CCOC2CCOC2)cc1. The molecule has 1 aliphatic heterocycles. The van der Waals surface area contributed by atoms with Gasteiger partial charge in [-0.25, -0.2) is 4.79 Å². The Bertz CT molecular complexity index is 366. The fourth-order valence-corrected chi connectivity index (χ4v) is 1.80. The fourth-order valence-electron chi connectivity index (χ4n) is 1.80. The second kappa shape index (κ2) is 5.80. The summed E-state index contributed by atoms with van der Waals surface area (Å²) < 4.78 is 10.9. The highest BCUT2D eigenvalue weighted by Crippen LogP contribution is 2.10. The number of rotatable bonds is 5. The van der Waals surface area contributed by atoms with Crippen LogP contribution in [-0.2, 0) is 15.9 Å². The molecule has 0 spiro atoms. The van der Waals surface area contributed by atoms with E-state index in [-0.39, 0.29) is 6.10 Å². The molecule has 4 heteroatoms. The first kappa shape index (κ1) is 12.1. The lowest BCUT2D eigenvalue weighted by atomic mass is 10.1. The Labute approximate surface area is 100 Å². The van der Waals surface area contributed by atoms with Crippen LogP contribution in [0.2, 0.25) is 0 Å². The summed E-state index contributed by atoms with van der Waals surface area (Å²) >= 11 is 0. The molecule has 0 bridgehead atoms. The van der Waals surface area contributed by atoms with Crippen LogP contribution in [-0.4, -0.2) is 37.0 Å². The predicted molar refractivity (Wildman–Crippen MR) is 62.3 cm³/mol. The largest absolute Gasteiger partial charge is 0.478 e. The van der Waals surface area contributed by atoms with Crippen molar-refractivity contribution >= 4 is 5.97 Å². The molecular formula is C13H16O4. The average molecular weight is 236 g/mol. The lowest BCUT2D eigenvalue weighted by Gasteiger charge is -2.09. The first-order chi connectivity index (χ1) is 8.25. The van der Waals surface area contributed by atoms with Crippen LogP contribution in [0.25, 0.3) is 0 Å². The lowest BCUT2D eigenvalue weighted by Crippen LogP contribution is -2.14. The van der Waals surface area contributed by atoms with Gasteiger partial charge in [-0.05, 0) is 30.5 Å². The molecule has 1 saturated heterocycles. The molecule has 0 radical (unpaired) electrons. The van der Waals surface area contributed by atoms with E-state index >= 15 is 0 Å².